The maximum absolute atomic E-state index is 12.3. The highest BCUT2D eigenvalue weighted by Crippen LogP contribution is 2.16. The van der Waals surface area contributed by atoms with Crippen LogP contribution in [0.5, 0.6) is 0 Å². The molecule has 1 aliphatic heterocycles. The van der Waals surface area contributed by atoms with Crippen LogP contribution in [0.15, 0.2) is 24.3 Å². The predicted molar refractivity (Wildman–Crippen MR) is 80.1 cm³/mol. The third-order valence-corrected chi connectivity index (χ3v) is 3.96. The molecule has 21 heavy (non-hydrogen) atoms. The maximum Gasteiger partial charge on any atom is 0.269 e. The summed E-state index contributed by atoms with van der Waals surface area (Å²) in [5, 5.41) is 14.1. The zero-order valence-electron chi connectivity index (χ0n) is 12.2. The largest absolute Gasteiger partial charge is 0.342 e. The van der Waals surface area contributed by atoms with E-state index in [0.29, 0.717) is 5.56 Å². The summed E-state index contributed by atoms with van der Waals surface area (Å²) in [6, 6.07) is 6.55. The second-order valence-corrected chi connectivity index (χ2v) is 5.44. The summed E-state index contributed by atoms with van der Waals surface area (Å²) in [6.07, 6.45) is 3.24. The molecule has 0 aliphatic carbocycles. The molecule has 1 amide bonds. The predicted octanol–water partition coefficient (Wildman–Crippen LogP) is 1.74. The number of nitrogens with one attached hydrogen (secondary N) is 1. The number of hydrogen-bond acceptors (Lipinski definition) is 4. The van der Waals surface area contributed by atoms with Gasteiger partial charge in [0.1, 0.15) is 0 Å². The lowest BCUT2D eigenvalue weighted by Gasteiger charge is -2.27. The molecule has 1 unspecified atom stereocenters. The minimum absolute atomic E-state index is 0.0161. The Labute approximate surface area is 124 Å². The molecule has 1 aliphatic rings. The number of carbonyl (C=O) groups is 1. The van der Waals surface area contributed by atoms with Gasteiger partial charge in [-0.1, -0.05) is 12.1 Å². The van der Waals surface area contributed by atoms with E-state index in [4.69, 9.17) is 0 Å². The van der Waals surface area contributed by atoms with Crippen molar-refractivity contribution in [1.29, 1.82) is 0 Å². The highest BCUT2D eigenvalue weighted by atomic mass is 16.6. The minimum Gasteiger partial charge on any atom is -0.342 e. The summed E-state index contributed by atoms with van der Waals surface area (Å²) in [7, 11) is 1.83. The molecule has 1 aromatic rings. The van der Waals surface area contributed by atoms with E-state index in [1.165, 1.54) is 12.1 Å². The van der Waals surface area contributed by atoms with Gasteiger partial charge in [0.05, 0.1) is 11.3 Å². The van der Waals surface area contributed by atoms with Gasteiger partial charge in [0, 0.05) is 25.2 Å². The van der Waals surface area contributed by atoms with Gasteiger partial charge in [-0.2, -0.15) is 0 Å². The maximum atomic E-state index is 12.3. The van der Waals surface area contributed by atoms with Crippen LogP contribution in [0.25, 0.3) is 0 Å². The van der Waals surface area contributed by atoms with Crippen LogP contribution >= 0.6 is 0 Å². The number of amides is 1. The van der Waals surface area contributed by atoms with Crippen molar-refractivity contribution in [2.24, 2.45) is 0 Å². The molecule has 114 valence electrons. The minimum atomic E-state index is -0.436. The van der Waals surface area contributed by atoms with E-state index >= 15 is 0 Å². The van der Waals surface area contributed by atoms with Crippen LogP contribution in [0.1, 0.15) is 24.8 Å². The Hall–Kier alpha value is -1.95. The van der Waals surface area contributed by atoms with Crippen LogP contribution in [0.4, 0.5) is 5.69 Å². The molecule has 6 heteroatoms. The van der Waals surface area contributed by atoms with E-state index < -0.39 is 4.92 Å². The fourth-order valence-electron chi connectivity index (χ4n) is 2.67. The van der Waals surface area contributed by atoms with Crippen molar-refractivity contribution in [1.82, 2.24) is 10.2 Å². The van der Waals surface area contributed by atoms with E-state index in [1.807, 2.05) is 7.05 Å². The number of non-ortho nitro benzene ring substituents is 1. The third-order valence-electron chi connectivity index (χ3n) is 3.96. The molecular weight excluding hydrogens is 270 g/mol. The van der Waals surface area contributed by atoms with Gasteiger partial charge in [-0.25, -0.2) is 0 Å². The van der Waals surface area contributed by atoms with Gasteiger partial charge in [-0.05, 0) is 37.9 Å². The van der Waals surface area contributed by atoms with Crippen molar-refractivity contribution in [2.45, 2.75) is 31.7 Å². The van der Waals surface area contributed by atoms with Gasteiger partial charge < -0.3 is 10.2 Å². The fourth-order valence-corrected chi connectivity index (χ4v) is 2.67. The molecule has 1 saturated heterocycles. The topological polar surface area (TPSA) is 75.5 Å². The highest BCUT2D eigenvalue weighted by Gasteiger charge is 2.21. The van der Waals surface area contributed by atoms with Crippen molar-refractivity contribution >= 4 is 11.6 Å². The number of benzene rings is 1. The van der Waals surface area contributed by atoms with Crippen molar-refractivity contribution < 1.29 is 9.72 Å². The van der Waals surface area contributed by atoms with E-state index in [1.54, 1.807) is 17.0 Å². The van der Waals surface area contributed by atoms with Gasteiger partial charge in [0.2, 0.25) is 5.91 Å². The van der Waals surface area contributed by atoms with Crippen LogP contribution < -0.4 is 5.32 Å². The Bertz CT molecular complexity index is 511. The first kappa shape index (κ1) is 15.4. The average Bonchev–Trinajstić information content (AvgIpc) is 2.75. The lowest BCUT2D eigenvalue weighted by atomic mass is 10.1. The molecule has 1 heterocycles. The first-order valence-electron chi connectivity index (χ1n) is 7.27. The average molecular weight is 291 g/mol. The molecule has 0 bridgehead atoms. The number of carbonyl (C=O) groups excluding carboxylic acids is 1. The van der Waals surface area contributed by atoms with Crippen LogP contribution in [0.3, 0.4) is 0 Å². The van der Waals surface area contributed by atoms with Crippen molar-refractivity contribution in [2.75, 3.05) is 20.1 Å². The van der Waals surface area contributed by atoms with Crippen LogP contribution in [-0.4, -0.2) is 41.9 Å². The van der Waals surface area contributed by atoms with Crippen molar-refractivity contribution in [3.63, 3.8) is 0 Å². The molecule has 1 atom stereocenters. The summed E-state index contributed by atoms with van der Waals surface area (Å²) in [5.74, 6) is 0.0161. The quantitative estimate of drug-likeness (QED) is 0.677. The Morgan fingerprint density at radius 3 is 3.00 bits per heavy atom. The second kappa shape index (κ2) is 7.17. The summed E-state index contributed by atoms with van der Waals surface area (Å²) < 4.78 is 0. The lowest BCUT2D eigenvalue weighted by Crippen LogP contribution is -2.38. The van der Waals surface area contributed by atoms with Gasteiger partial charge in [0.15, 0.2) is 0 Å². The Balaban J connectivity index is 1.99. The number of hydrogen-bond donors (Lipinski definition) is 1. The zero-order chi connectivity index (χ0) is 15.2. The second-order valence-electron chi connectivity index (χ2n) is 5.44. The van der Waals surface area contributed by atoms with E-state index in [2.05, 4.69) is 5.32 Å². The van der Waals surface area contributed by atoms with Gasteiger partial charge >= 0.3 is 0 Å². The Morgan fingerprint density at radius 1 is 1.43 bits per heavy atom. The summed E-state index contributed by atoms with van der Waals surface area (Å²) in [5.41, 5.74) is 0.717. The van der Waals surface area contributed by atoms with Gasteiger partial charge in [0.25, 0.3) is 5.69 Å². The van der Waals surface area contributed by atoms with Crippen LogP contribution in [0, 0.1) is 10.1 Å². The number of rotatable bonds is 4. The van der Waals surface area contributed by atoms with Crippen molar-refractivity contribution in [3.8, 4) is 0 Å². The third kappa shape index (κ3) is 4.26. The van der Waals surface area contributed by atoms with E-state index in [9.17, 15) is 14.9 Å². The zero-order valence-corrected chi connectivity index (χ0v) is 12.2. The van der Waals surface area contributed by atoms with E-state index in [-0.39, 0.29) is 24.1 Å². The molecule has 6 nitrogen and oxygen atoms in total. The first-order chi connectivity index (χ1) is 10.1. The molecule has 0 radical (unpaired) electrons. The molecule has 1 fully saturated rings. The van der Waals surface area contributed by atoms with Gasteiger partial charge in [-0.15, -0.1) is 0 Å². The monoisotopic (exact) mass is 291 g/mol. The highest BCUT2D eigenvalue weighted by molar-refractivity contribution is 5.79. The molecule has 1 N–H and O–H groups in total. The Kier molecular flexibility index (Phi) is 5.27. The lowest BCUT2D eigenvalue weighted by molar-refractivity contribution is -0.384. The first-order valence-corrected chi connectivity index (χ1v) is 7.27. The number of nitro groups is 1. The molecule has 0 spiro atoms. The molecule has 0 saturated carbocycles. The molecular formula is C15H21N3O3. The standard InChI is InChI=1S/C15H21N3O3/c1-17(13-6-3-8-16-9-7-13)15(19)11-12-4-2-5-14(10-12)18(20)21/h2,4-5,10,13,16H,3,6-9,11H2,1H3. The SMILES string of the molecule is CN(C(=O)Cc1cccc([N+](=O)[O-])c1)C1CCCNCC1. The smallest absolute Gasteiger partial charge is 0.269 e. The number of nitrogens with zero attached hydrogens (tertiary/aromatic N) is 2. The number of nitro benzene ring substituents is 1. The normalized spacial score (nSPS) is 18.8. The molecule has 1 aromatic carbocycles. The van der Waals surface area contributed by atoms with Crippen LogP contribution in [0.2, 0.25) is 0 Å². The van der Waals surface area contributed by atoms with E-state index in [0.717, 1.165) is 32.4 Å². The molecule has 0 aromatic heterocycles. The number of likely N-dealkylation sites (N-methyl/N-ethyl adjacent to an activating group) is 1. The van der Waals surface area contributed by atoms with Gasteiger partial charge in [-0.3, -0.25) is 14.9 Å². The molecule has 2 rings (SSSR count). The summed E-state index contributed by atoms with van der Waals surface area (Å²) in [4.78, 5) is 24.5. The Morgan fingerprint density at radius 2 is 2.24 bits per heavy atom. The summed E-state index contributed by atoms with van der Waals surface area (Å²) in [6.45, 7) is 1.93. The fraction of sp³-hybridized carbons (Fsp3) is 0.533. The summed E-state index contributed by atoms with van der Waals surface area (Å²) >= 11 is 0. The van der Waals surface area contributed by atoms with Crippen molar-refractivity contribution in [3.05, 3.63) is 39.9 Å². The van der Waals surface area contributed by atoms with Crippen LogP contribution in [-0.2, 0) is 11.2 Å².